The van der Waals surface area contributed by atoms with Crippen molar-refractivity contribution < 1.29 is 4.79 Å². The Kier molecular flexibility index (Phi) is 7.72. The van der Waals surface area contributed by atoms with Gasteiger partial charge >= 0.3 is 6.03 Å². The number of anilines is 1. The number of benzene rings is 1. The third-order valence-electron chi connectivity index (χ3n) is 7.67. The molecule has 2 aromatic rings. The van der Waals surface area contributed by atoms with Crippen LogP contribution in [0.3, 0.4) is 0 Å². The van der Waals surface area contributed by atoms with Crippen LogP contribution in [0.5, 0.6) is 0 Å². The molecule has 2 amide bonds. The molecule has 6 rings (SSSR count). The SMILES string of the molecule is CC.CC1CN(C(=O)NC2CC3(C2)CN(Cc2ccccc2)C3)CCN1c1ncc(SC2CC2)cn1. The molecule has 2 saturated carbocycles. The number of amides is 2. The van der Waals surface area contributed by atoms with Gasteiger partial charge in [-0.15, -0.1) is 11.8 Å². The van der Waals surface area contributed by atoms with Gasteiger partial charge in [0.25, 0.3) is 0 Å². The highest BCUT2D eigenvalue weighted by Crippen LogP contribution is 2.48. The quantitative estimate of drug-likeness (QED) is 0.613. The predicted molar refractivity (Wildman–Crippen MR) is 146 cm³/mol. The summed E-state index contributed by atoms with van der Waals surface area (Å²) in [5, 5.41) is 4.06. The molecule has 7 nitrogen and oxygen atoms in total. The van der Waals surface area contributed by atoms with E-state index in [0.717, 1.165) is 55.1 Å². The number of urea groups is 1. The van der Waals surface area contributed by atoms with E-state index < -0.39 is 0 Å². The van der Waals surface area contributed by atoms with Crippen LogP contribution in [-0.2, 0) is 6.54 Å². The summed E-state index contributed by atoms with van der Waals surface area (Å²) in [6, 6.07) is 11.3. The summed E-state index contributed by atoms with van der Waals surface area (Å²) >= 11 is 1.88. The molecule has 2 aliphatic carbocycles. The molecule has 4 fully saturated rings. The average molecular weight is 509 g/mol. The fourth-order valence-corrected chi connectivity index (χ4v) is 6.79. The van der Waals surface area contributed by atoms with E-state index in [4.69, 9.17) is 0 Å². The zero-order chi connectivity index (χ0) is 25.1. The van der Waals surface area contributed by atoms with Crippen LogP contribution in [0.25, 0.3) is 0 Å². The van der Waals surface area contributed by atoms with E-state index in [-0.39, 0.29) is 12.1 Å². The topological polar surface area (TPSA) is 64.6 Å². The van der Waals surface area contributed by atoms with Gasteiger partial charge in [0, 0.05) is 73.9 Å². The minimum Gasteiger partial charge on any atom is -0.335 e. The maximum Gasteiger partial charge on any atom is 0.317 e. The van der Waals surface area contributed by atoms with Gasteiger partial charge in [0.2, 0.25) is 5.95 Å². The second-order valence-electron chi connectivity index (χ2n) is 10.7. The van der Waals surface area contributed by atoms with Gasteiger partial charge in [-0.25, -0.2) is 14.8 Å². The molecule has 194 valence electrons. The van der Waals surface area contributed by atoms with Crippen molar-refractivity contribution in [1.29, 1.82) is 0 Å². The highest BCUT2D eigenvalue weighted by Gasteiger charge is 2.52. The lowest BCUT2D eigenvalue weighted by atomic mass is 9.60. The summed E-state index contributed by atoms with van der Waals surface area (Å²) < 4.78 is 0. The number of piperazine rings is 1. The molecule has 1 spiro atoms. The number of hydrogen-bond acceptors (Lipinski definition) is 6. The van der Waals surface area contributed by atoms with Gasteiger partial charge in [0.05, 0.1) is 0 Å². The number of carbonyl (C=O) groups is 1. The van der Waals surface area contributed by atoms with Crippen LogP contribution in [0.2, 0.25) is 0 Å². The maximum absolute atomic E-state index is 12.9. The summed E-state index contributed by atoms with van der Waals surface area (Å²) in [5.74, 6) is 0.777. The maximum atomic E-state index is 12.9. The van der Waals surface area contributed by atoms with Crippen molar-refractivity contribution in [3.8, 4) is 0 Å². The molecule has 8 heteroatoms. The molecule has 1 unspecified atom stereocenters. The first-order valence-corrected chi connectivity index (χ1v) is 14.5. The van der Waals surface area contributed by atoms with E-state index >= 15 is 0 Å². The summed E-state index contributed by atoms with van der Waals surface area (Å²) in [5.41, 5.74) is 1.81. The van der Waals surface area contributed by atoms with Gasteiger partial charge in [-0.2, -0.15) is 0 Å². The van der Waals surface area contributed by atoms with Crippen molar-refractivity contribution in [2.75, 3.05) is 37.6 Å². The van der Waals surface area contributed by atoms with E-state index in [2.05, 4.69) is 62.3 Å². The highest BCUT2D eigenvalue weighted by atomic mass is 32.2. The van der Waals surface area contributed by atoms with E-state index in [1.807, 2.05) is 42.9 Å². The fourth-order valence-electron chi connectivity index (χ4n) is 5.80. The molecule has 2 saturated heterocycles. The summed E-state index contributed by atoms with van der Waals surface area (Å²) in [6.45, 7) is 11.7. The Morgan fingerprint density at radius 3 is 2.42 bits per heavy atom. The smallest absolute Gasteiger partial charge is 0.317 e. The minimum atomic E-state index is 0.0870. The first-order valence-electron chi connectivity index (χ1n) is 13.6. The van der Waals surface area contributed by atoms with E-state index in [9.17, 15) is 4.79 Å². The molecule has 3 heterocycles. The summed E-state index contributed by atoms with van der Waals surface area (Å²) in [7, 11) is 0. The predicted octanol–water partition coefficient (Wildman–Crippen LogP) is 4.64. The monoisotopic (exact) mass is 508 g/mol. The lowest BCUT2D eigenvalue weighted by Crippen LogP contribution is -2.67. The first-order chi connectivity index (χ1) is 17.6. The average Bonchev–Trinajstić information content (AvgIpc) is 3.68. The number of carbonyl (C=O) groups excluding carboxylic acids is 1. The fraction of sp³-hybridized carbons (Fsp3) is 0.607. The van der Waals surface area contributed by atoms with Gasteiger partial charge in [-0.05, 0) is 43.6 Å². The Morgan fingerprint density at radius 1 is 1.08 bits per heavy atom. The normalized spacial score (nSPS) is 23.4. The molecule has 4 aliphatic rings. The number of nitrogens with one attached hydrogen (secondary N) is 1. The highest BCUT2D eigenvalue weighted by molar-refractivity contribution is 8.00. The molecule has 0 radical (unpaired) electrons. The second-order valence-corrected chi connectivity index (χ2v) is 12.1. The van der Waals surface area contributed by atoms with Crippen LogP contribution in [0.4, 0.5) is 10.7 Å². The van der Waals surface area contributed by atoms with Crippen LogP contribution in [0.1, 0.15) is 52.0 Å². The second kappa shape index (κ2) is 11.0. The summed E-state index contributed by atoms with van der Waals surface area (Å²) in [4.78, 5) is 30.0. The Morgan fingerprint density at radius 2 is 1.78 bits per heavy atom. The van der Waals surface area contributed by atoms with Crippen LogP contribution in [0.15, 0.2) is 47.6 Å². The van der Waals surface area contributed by atoms with E-state index in [0.29, 0.717) is 24.5 Å². The molecule has 1 atom stereocenters. The summed E-state index contributed by atoms with van der Waals surface area (Å²) in [6.07, 6.45) is 8.73. The molecule has 1 N–H and O–H groups in total. The molecular formula is C28H40N6OS. The van der Waals surface area contributed by atoms with Crippen molar-refractivity contribution in [3.63, 3.8) is 0 Å². The van der Waals surface area contributed by atoms with E-state index in [1.165, 1.54) is 18.4 Å². The molecule has 2 aliphatic heterocycles. The third-order valence-corrected chi connectivity index (χ3v) is 8.95. The number of aromatic nitrogens is 2. The number of thioether (sulfide) groups is 1. The van der Waals surface area contributed by atoms with Crippen LogP contribution in [-0.4, -0.2) is 75.9 Å². The molecule has 36 heavy (non-hydrogen) atoms. The zero-order valence-electron chi connectivity index (χ0n) is 21.9. The van der Waals surface area contributed by atoms with Gasteiger partial charge < -0.3 is 15.1 Å². The van der Waals surface area contributed by atoms with Crippen molar-refractivity contribution >= 4 is 23.7 Å². The Labute approximate surface area is 220 Å². The van der Waals surface area contributed by atoms with Crippen molar-refractivity contribution in [3.05, 3.63) is 48.3 Å². The Balaban J connectivity index is 0.00000130. The van der Waals surface area contributed by atoms with E-state index in [1.54, 1.807) is 0 Å². The van der Waals surface area contributed by atoms with Crippen LogP contribution < -0.4 is 10.2 Å². The Hall–Kier alpha value is -2.32. The number of hydrogen-bond donors (Lipinski definition) is 1. The van der Waals surface area contributed by atoms with Crippen molar-refractivity contribution in [2.24, 2.45) is 5.41 Å². The van der Waals surface area contributed by atoms with Crippen LogP contribution in [0, 0.1) is 5.41 Å². The number of likely N-dealkylation sites (tertiary alicyclic amines) is 1. The van der Waals surface area contributed by atoms with Crippen LogP contribution >= 0.6 is 11.8 Å². The molecule has 1 aromatic carbocycles. The van der Waals surface area contributed by atoms with Gasteiger partial charge in [-0.3, -0.25) is 4.90 Å². The van der Waals surface area contributed by atoms with Gasteiger partial charge in [-0.1, -0.05) is 44.2 Å². The zero-order valence-corrected chi connectivity index (χ0v) is 22.7. The lowest BCUT2D eigenvalue weighted by molar-refractivity contribution is -0.0809. The molecule has 1 aromatic heterocycles. The third kappa shape index (κ3) is 5.80. The van der Waals surface area contributed by atoms with Crippen molar-refractivity contribution in [2.45, 2.75) is 75.2 Å². The Bertz CT molecular complexity index is 1000. The lowest BCUT2D eigenvalue weighted by Gasteiger charge is -2.59. The molecule has 0 bridgehead atoms. The largest absolute Gasteiger partial charge is 0.335 e. The number of nitrogens with zero attached hydrogens (tertiary/aromatic N) is 5. The van der Waals surface area contributed by atoms with Gasteiger partial charge in [0.15, 0.2) is 0 Å². The molecular weight excluding hydrogens is 468 g/mol. The first kappa shape index (κ1) is 25.3. The number of rotatable bonds is 6. The minimum absolute atomic E-state index is 0.0870. The standard InChI is InChI=1S/C26H34N6OS.C2H6/c1-19-15-31(9-10-32(19)24-27-13-23(14-28-24)34-22-7-8-22)25(33)29-21-11-26(12-21)17-30(18-26)16-20-5-3-2-4-6-20;1-2/h2-6,13-14,19,21-22H,7-12,15-18H2,1H3,(H,29,33);1-2H3. The van der Waals surface area contributed by atoms with Gasteiger partial charge in [0.1, 0.15) is 0 Å². The van der Waals surface area contributed by atoms with Crippen molar-refractivity contribution in [1.82, 2.24) is 25.1 Å².